The van der Waals surface area contributed by atoms with E-state index in [-0.39, 0.29) is 18.3 Å². The lowest BCUT2D eigenvalue weighted by atomic mass is 10.2. The Kier molecular flexibility index (Phi) is 7.36. The topological polar surface area (TPSA) is 98.8 Å². The van der Waals surface area contributed by atoms with Crippen LogP contribution in [0.5, 0.6) is 5.75 Å². The second kappa shape index (κ2) is 10.4. The molecule has 1 fully saturated rings. The molecule has 9 nitrogen and oxygen atoms in total. The number of carbonyl (C=O) groups excluding carboxylic acids is 2. The van der Waals surface area contributed by atoms with Gasteiger partial charge in [0, 0.05) is 24.1 Å². The van der Waals surface area contributed by atoms with Crippen molar-refractivity contribution >= 4 is 45.0 Å². The summed E-state index contributed by atoms with van der Waals surface area (Å²) in [4.78, 5) is 27.5. The molecule has 2 aromatic heterocycles. The number of benzene rings is 1. The van der Waals surface area contributed by atoms with Gasteiger partial charge in [0.2, 0.25) is 0 Å². The van der Waals surface area contributed by atoms with E-state index in [1.54, 1.807) is 33.8 Å². The number of halogens is 2. The number of anilines is 1. The van der Waals surface area contributed by atoms with Gasteiger partial charge >= 0.3 is 0 Å². The number of rotatable bonds is 7. The molecule has 0 atom stereocenters. The van der Waals surface area contributed by atoms with E-state index in [9.17, 15) is 9.59 Å². The van der Waals surface area contributed by atoms with Crippen LogP contribution in [0.2, 0.25) is 5.02 Å². The minimum atomic E-state index is -0.491. The molecule has 1 aromatic carbocycles. The molecule has 4 rings (SSSR count). The molecule has 33 heavy (non-hydrogen) atoms. The molecule has 0 radical (unpaired) electrons. The zero-order chi connectivity index (χ0) is 23.4. The lowest BCUT2D eigenvalue weighted by Crippen LogP contribution is -2.41. The average Bonchev–Trinajstić information content (AvgIpc) is 3.45. The molecule has 1 saturated heterocycles. The molecule has 174 valence electrons. The number of hydrogen-bond donors (Lipinski definition) is 1. The Morgan fingerprint density at radius 1 is 1.24 bits per heavy atom. The molecular formula is C22H22BrClN4O5. The van der Waals surface area contributed by atoms with Crippen LogP contribution in [0.25, 0.3) is 0 Å². The van der Waals surface area contributed by atoms with Crippen molar-refractivity contribution in [1.29, 1.82) is 0 Å². The number of hydrogen-bond acceptors (Lipinski definition) is 6. The summed E-state index contributed by atoms with van der Waals surface area (Å²) in [5, 5.41) is 7.44. The highest BCUT2D eigenvalue weighted by atomic mass is 79.9. The fourth-order valence-electron chi connectivity index (χ4n) is 3.36. The smallest absolute Gasteiger partial charge is 0.291 e. The second-order valence-corrected chi connectivity index (χ2v) is 8.53. The maximum absolute atomic E-state index is 13.1. The van der Waals surface area contributed by atoms with Gasteiger partial charge in [0.05, 0.1) is 30.1 Å². The monoisotopic (exact) mass is 536 g/mol. The van der Waals surface area contributed by atoms with E-state index in [1.165, 1.54) is 6.20 Å². The number of furan rings is 1. The van der Waals surface area contributed by atoms with Gasteiger partial charge < -0.3 is 24.1 Å². The van der Waals surface area contributed by atoms with Gasteiger partial charge in [-0.3, -0.25) is 14.3 Å². The average molecular weight is 538 g/mol. The molecule has 0 saturated carbocycles. The zero-order valence-electron chi connectivity index (χ0n) is 17.8. The van der Waals surface area contributed by atoms with Crippen molar-refractivity contribution in [2.24, 2.45) is 0 Å². The summed E-state index contributed by atoms with van der Waals surface area (Å²) in [6.45, 7) is 4.42. The molecule has 1 aliphatic heterocycles. The number of morpholine rings is 1. The minimum Gasteiger partial charge on any atom is -0.484 e. The van der Waals surface area contributed by atoms with Gasteiger partial charge in [-0.25, -0.2) is 0 Å². The van der Waals surface area contributed by atoms with E-state index in [0.717, 1.165) is 4.47 Å². The molecule has 0 spiro atoms. The third-order valence-corrected chi connectivity index (χ3v) is 5.83. The number of nitrogens with one attached hydrogen (secondary N) is 1. The van der Waals surface area contributed by atoms with Gasteiger partial charge in [0.1, 0.15) is 23.8 Å². The van der Waals surface area contributed by atoms with Crippen LogP contribution in [-0.4, -0.2) is 52.8 Å². The highest BCUT2D eigenvalue weighted by molar-refractivity contribution is 9.10. The predicted molar refractivity (Wildman–Crippen MR) is 125 cm³/mol. The Bertz CT molecular complexity index is 1160. The summed E-state index contributed by atoms with van der Waals surface area (Å²) in [7, 11) is 0. The molecule has 2 amide bonds. The summed E-state index contributed by atoms with van der Waals surface area (Å²) >= 11 is 9.50. The summed E-state index contributed by atoms with van der Waals surface area (Å²) in [5.41, 5.74) is 0.655. The van der Waals surface area contributed by atoms with E-state index >= 15 is 0 Å². The second-order valence-electron chi connectivity index (χ2n) is 7.21. The fourth-order valence-corrected chi connectivity index (χ4v) is 4.09. The molecule has 0 aliphatic carbocycles. The molecule has 3 heterocycles. The van der Waals surface area contributed by atoms with E-state index in [2.05, 4.69) is 26.3 Å². The number of carbonyl (C=O) groups is 2. The summed E-state index contributed by atoms with van der Waals surface area (Å²) in [6.07, 6.45) is 1.47. The van der Waals surface area contributed by atoms with Gasteiger partial charge in [-0.15, -0.1) is 0 Å². The number of aromatic nitrogens is 2. The van der Waals surface area contributed by atoms with Gasteiger partial charge in [-0.2, -0.15) is 5.10 Å². The number of amides is 2. The molecule has 11 heteroatoms. The van der Waals surface area contributed by atoms with Crippen molar-refractivity contribution in [2.45, 2.75) is 20.1 Å². The lowest BCUT2D eigenvalue weighted by Gasteiger charge is -2.27. The van der Waals surface area contributed by atoms with Crippen LogP contribution < -0.4 is 10.1 Å². The van der Waals surface area contributed by atoms with E-state index < -0.39 is 5.91 Å². The van der Waals surface area contributed by atoms with Crippen molar-refractivity contribution in [1.82, 2.24) is 14.7 Å². The molecular weight excluding hydrogens is 516 g/mol. The van der Waals surface area contributed by atoms with Gasteiger partial charge in [0.25, 0.3) is 11.8 Å². The minimum absolute atomic E-state index is 0.0875. The molecule has 3 aromatic rings. The maximum Gasteiger partial charge on any atom is 0.291 e. The van der Waals surface area contributed by atoms with Crippen LogP contribution in [0.3, 0.4) is 0 Å². The van der Waals surface area contributed by atoms with Crippen molar-refractivity contribution in [3.05, 3.63) is 63.2 Å². The zero-order valence-corrected chi connectivity index (χ0v) is 20.2. The van der Waals surface area contributed by atoms with Crippen molar-refractivity contribution in [3.63, 3.8) is 0 Å². The Morgan fingerprint density at radius 3 is 2.76 bits per heavy atom. The first-order valence-corrected chi connectivity index (χ1v) is 11.5. The third-order valence-electron chi connectivity index (χ3n) is 5.04. The van der Waals surface area contributed by atoms with Crippen LogP contribution in [0.1, 0.15) is 33.7 Å². The summed E-state index contributed by atoms with van der Waals surface area (Å²) in [6, 6.07) is 8.47. The Hall–Kier alpha value is -2.82. The number of nitrogens with zero attached hydrogens (tertiary/aromatic N) is 3. The number of ether oxygens (including phenoxy) is 2. The predicted octanol–water partition coefficient (Wildman–Crippen LogP) is 4.22. The Labute approximate surface area is 203 Å². The van der Waals surface area contributed by atoms with Crippen molar-refractivity contribution in [3.8, 4) is 5.75 Å². The third kappa shape index (κ3) is 5.40. The van der Waals surface area contributed by atoms with Crippen LogP contribution in [0.15, 0.2) is 45.4 Å². The highest BCUT2D eigenvalue weighted by Crippen LogP contribution is 2.28. The maximum atomic E-state index is 13.1. The lowest BCUT2D eigenvalue weighted by molar-refractivity contribution is 0.0295. The molecule has 0 bridgehead atoms. The quantitative estimate of drug-likeness (QED) is 0.485. The largest absolute Gasteiger partial charge is 0.484 e. The van der Waals surface area contributed by atoms with E-state index in [4.69, 9.17) is 25.5 Å². The van der Waals surface area contributed by atoms with Crippen LogP contribution in [0, 0.1) is 0 Å². The van der Waals surface area contributed by atoms with E-state index in [0.29, 0.717) is 60.8 Å². The first kappa shape index (κ1) is 23.3. The van der Waals surface area contributed by atoms with Crippen LogP contribution >= 0.6 is 27.5 Å². The van der Waals surface area contributed by atoms with Crippen molar-refractivity contribution < 1.29 is 23.5 Å². The summed E-state index contributed by atoms with van der Waals surface area (Å²) in [5.74, 6) is 0.348. The van der Waals surface area contributed by atoms with E-state index in [1.807, 2.05) is 13.0 Å². The van der Waals surface area contributed by atoms with Gasteiger partial charge in [-0.05, 0) is 37.3 Å². The van der Waals surface area contributed by atoms with Crippen molar-refractivity contribution in [2.75, 3.05) is 31.6 Å². The first-order chi connectivity index (χ1) is 16.0. The number of aryl methyl sites for hydroxylation is 1. The fraction of sp³-hybridized carbons (Fsp3) is 0.318. The standard InChI is InChI=1S/C22H22BrClN4O5/c1-2-28-20(22(30)27-7-9-31-10-8-27)17(12-25-28)26-21(29)19-6-4-15(33-19)13-32-18-5-3-14(23)11-16(18)24/h3-6,11-12H,2,7-10,13H2,1H3,(H,26,29). The van der Waals surface area contributed by atoms with Gasteiger partial charge in [0.15, 0.2) is 5.76 Å². The first-order valence-electron chi connectivity index (χ1n) is 10.4. The normalized spacial score (nSPS) is 13.7. The molecule has 1 aliphatic rings. The van der Waals surface area contributed by atoms with Crippen LogP contribution in [0.4, 0.5) is 5.69 Å². The van der Waals surface area contributed by atoms with Gasteiger partial charge in [-0.1, -0.05) is 27.5 Å². The molecule has 0 unspecified atom stereocenters. The van der Waals surface area contributed by atoms with Crippen LogP contribution in [-0.2, 0) is 17.9 Å². The molecule has 1 N–H and O–H groups in total. The Morgan fingerprint density at radius 2 is 2.03 bits per heavy atom. The SMILES string of the molecule is CCn1ncc(NC(=O)c2ccc(COc3ccc(Br)cc3Cl)o2)c1C(=O)N1CCOCC1. The summed E-state index contributed by atoms with van der Waals surface area (Å²) < 4.78 is 19.0. The Balaban J connectivity index is 1.44. The highest BCUT2D eigenvalue weighted by Gasteiger charge is 2.26.